The van der Waals surface area contributed by atoms with Gasteiger partial charge in [0.15, 0.2) is 0 Å². The van der Waals surface area contributed by atoms with Crippen molar-refractivity contribution in [3.8, 4) is 5.75 Å². The van der Waals surface area contributed by atoms with Crippen LogP contribution in [-0.4, -0.2) is 134 Å². The molecule has 0 aromatic heterocycles. The molecule has 1 N–H and O–H groups in total. The maximum absolute atomic E-state index is 13.8. The first kappa shape index (κ1) is 32.1. The zero-order valence-corrected chi connectivity index (χ0v) is 26.1. The molecule has 1 unspecified atom stereocenters. The molecular weight excluding hydrogens is 534 g/mol. The predicted octanol–water partition coefficient (Wildman–Crippen LogP) is 3.21. The normalized spacial score (nSPS) is 22.5. The van der Waals surface area contributed by atoms with Gasteiger partial charge in [0.2, 0.25) is 5.91 Å². The van der Waals surface area contributed by atoms with E-state index in [1.54, 1.807) is 4.90 Å². The first-order valence-electron chi connectivity index (χ1n) is 15.8. The van der Waals surface area contributed by atoms with Crippen molar-refractivity contribution in [2.75, 3.05) is 80.1 Å². The number of carbonyl (C=O) groups excluding carboxylic acids is 2. The Labute approximate surface area is 251 Å². The summed E-state index contributed by atoms with van der Waals surface area (Å²) in [5, 5.41) is 10.6. The van der Waals surface area contributed by atoms with Gasteiger partial charge >= 0.3 is 12.0 Å². The van der Waals surface area contributed by atoms with E-state index in [2.05, 4.69) is 36.9 Å². The number of nitrogens with zero attached hydrogens (tertiary/aromatic N) is 5. The highest BCUT2D eigenvalue weighted by molar-refractivity contribution is 5.79. The van der Waals surface area contributed by atoms with Crippen LogP contribution < -0.4 is 4.74 Å². The van der Waals surface area contributed by atoms with Gasteiger partial charge in [0.1, 0.15) is 5.75 Å². The van der Waals surface area contributed by atoms with Crippen LogP contribution in [0.5, 0.6) is 5.75 Å². The first-order chi connectivity index (χ1) is 20.2. The molecule has 3 aliphatic heterocycles. The molecule has 0 saturated carbocycles. The van der Waals surface area contributed by atoms with E-state index in [-0.39, 0.29) is 30.4 Å². The van der Waals surface area contributed by atoms with Gasteiger partial charge in [0.25, 0.3) is 0 Å². The Morgan fingerprint density at radius 2 is 1.86 bits per heavy atom. The fourth-order valence-electron chi connectivity index (χ4n) is 6.77. The number of ether oxygens (including phenoxy) is 1. The number of fused-ring (bicyclic) bond motifs is 1. The molecular formula is C32H51N5O5. The van der Waals surface area contributed by atoms with E-state index in [0.29, 0.717) is 32.7 Å². The van der Waals surface area contributed by atoms with E-state index in [9.17, 15) is 19.5 Å². The first-order valence-corrected chi connectivity index (χ1v) is 15.8. The van der Waals surface area contributed by atoms with Crippen LogP contribution in [-0.2, 0) is 16.0 Å². The monoisotopic (exact) mass is 585 g/mol. The lowest BCUT2D eigenvalue weighted by Crippen LogP contribution is -2.50. The summed E-state index contributed by atoms with van der Waals surface area (Å²) in [4.78, 5) is 49.3. The Balaban J connectivity index is 1.54. The molecule has 0 aliphatic carbocycles. The van der Waals surface area contributed by atoms with Gasteiger partial charge < -0.3 is 29.4 Å². The van der Waals surface area contributed by atoms with Crippen molar-refractivity contribution in [1.29, 1.82) is 0 Å². The molecule has 10 nitrogen and oxygen atoms in total. The molecule has 1 aromatic rings. The molecule has 1 aromatic carbocycles. The van der Waals surface area contributed by atoms with E-state index in [0.717, 1.165) is 81.6 Å². The molecule has 42 heavy (non-hydrogen) atoms. The highest BCUT2D eigenvalue weighted by atomic mass is 16.5. The molecule has 3 aliphatic rings. The van der Waals surface area contributed by atoms with Crippen LogP contribution in [0.15, 0.2) is 18.2 Å². The average Bonchev–Trinajstić information content (AvgIpc) is 3.57. The van der Waals surface area contributed by atoms with Crippen molar-refractivity contribution in [2.45, 2.75) is 63.8 Å². The number of carbonyl (C=O) groups is 3. The lowest BCUT2D eigenvalue weighted by atomic mass is 9.83. The molecule has 3 amide bonds. The van der Waals surface area contributed by atoms with E-state index < -0.39 is 11.9 Å². The second kappa shape index (κ2) is 15.0. The number of aliphatic carboxylic acids is 1. The lowest BCUT2D eigenvalue weighted by Gasteiger charge is -2.35. The number of unbranched alkanes of at least 4 members (excludes halogenated alkanes) is 2. The number of hydrogen-bond acceptors (Lipinski definition) is 6. The zero-order valence-electron chi connectivity index (χ0n) is 26.1. The van der Waals surface area contributed by atoms with Crippen LogP contribution in [0.25, 0.3) is 0 Å². The van der Waals surface area contributed by atoms with Crippen LogP contribution in [0.4, 0.5) is 4.79 Å². The van der Waals surface area contributed by atoms with Gasteiger partial charge in [0.05, 0.1) is 19.1 Å². The molecule has 0 radical (unpaired) electrons. The number of rotatable bonds is 15. The largest absolute Gasteiger partial charge is 0.493 e. The third-order valence-electron chi connectivity index (χ3n) is 9.14. The summed E-state index contributed by atoms with van der Waals surface area (Å²) in [5.41, 5.74) is 2.11. The second-order valence-corrected chi connectivity index (χ2v) is 12.5. The van der Waals surface area contributed by atoms with Gasteiger partial charge in [-0.2, -0.15) is 0 Å². The highest BCUT2D eigenvalue weighted by Crippen LogP contribution is 2.41. The maximum atomic E-state index is 13.8. The molecule has 4 rings (SSSR count). The third-order valence-corrected chi connectivity index (χ3v) is 9.14. The highest BCUT2D eigenvalue weighted by Gasteiger charge is 2.47. The van der Waals surface area contributed by atoms with Gasteiger partial charge in [-0.15, -0.1) is 0 Å². The molecule has 2 fully saturated rings. The smallest absolute Gasteiger partial charge is 0.319 e. The standard InChI is InChI=1S/C32H51N5O5/c1-5-6-16-35(17-8-7-14-33(2)3)29(38)23-37-22-26(24-10-11-28-25(21-24)13-20-42-28)30(31(39)40)27(37)12-19-36-18-9-15-34(4)32(36)41/h10-11,21,26-27,30H,5-9,12-20,22-23H2,1-4H3,(H,39,40)/t26-,27+,30?/m1/s1. The number of hydrogen-bond donors (Lipinski definition) is 1. The molecule has 3 heterocycles. The number of amides is 3. The Morgan fingerprint density at radius 3 is 2.60 bits per heavy atom. The molecule has 234 valence electrons. The van der Waals surface area contributed by atoms with Gasteiger partial charge in [-0.1, -0.05) is 25.5 Å². The van der Waals surface area contributed by atoms with Gasteiger partial charge in [-0.05, 0) is 69.9 Å². The SMILES string of the molecule is CCCCN(CCCCN(C)C)C(=O)CN1C[C@H](c2ccc3c(c2)CCO3)C(C(=O)O)[C@@H]1CCN1CCCN(C)C1=O. The van der Waals surface area contributed by atoms with Crippen molar-refractivity contribution in [2.24, 2.45) is 5.92 Å². The quantitative estimate of drug-likeness (QED) is 0.316. The third kappa shape index (κ3) is 7.95. The summed E-state index contributed by atoms with van der Waals surface area (Å²) in [6, 6.07) is 5.71. The summed E-state index contributed by atoms with van der Waals surface area (Å²) < 4.78 is 5.70. The second-order valence-electron chi connectivity index (χ2n) is 12.5. The van der Waals surface area contributed by atoms with E-state index >= 15 is 0 Å². The van der Waals surface area contributed by atoms with E-state index in [1.165, 1.54) is 0 Å². The lowest BCUT2D eigenvalue weighted by molar-refractivity contribution is -0.144. The number of carboxylic acids is 1. The predicted molar refractivity (Wildman–Crippen MR) is 163 cm³/mol. The van der Waals surface area contributed by atoms with Crippen molar-refractivity contribution in [1.82, 2.24) is 24.5 Å². The zero-order chi connectivity index (χ0) is 30.2. The summed E-state index contributed by atoms with van der Waals surface area (Å²) in [5.74, 6) is -0.805. The summed E-state index contributed by atoms with van der Waals surface area (Å²) in [6.07, 6.45) is 6.17. The summed E-state index contributed by atoms with van der Waals surface area (Å²) in [7, 11) is 5.94. The molecule has 0 spiro atoms. The van der Waals surface area contributed by atoms with Crippen molar-refractivity contribution in [3.05, 3.63) is 29.3 Å². The van der Waals surface area contributed by atoms with Crippen molar-refractivity contribution < 1.29 is 24.2 Å². The van der Waals surface area contributed by atoms with Crippen LogP contribution in [0, 0.1) is 5.92 Å². The number of benzene rings is 1. The molecule has 10 heteroatoms. The number of urea groups is 1. The Hall–Kier alpha value is -2.85. The number of likely N-dealkylation sites (tertiary alicyclic amines) is 1. The molecule has 0 bridgehead atoms. The Kier molecular flexibility index (Phi) is 11.5. The number of carboxylic acid groups (broad SMARTS) is 1. The fraction of sp³-hybridized carbons (Fsp3) is 0.719. The fourth-order valence-corrected chi connectivity index (χ4v) is 6.77. The van der Waals surface area contributed by atoms with E-state index in [4.69, 9.17) is 4.74 Å². The van der Waals surface area contributed by atoms with Crippen molar-refractivity contribution >= 4 is 17.9 Å². The Bertz CT molecular complexity index is 1080. The van der Waals surface area contributed by atoms with Gasteiger partial charge in [0, 0.05) is 64.7 Å². The topological polar surface area (TPSA) is 96.9 Å². The van der Waals surface area contributed by atoms with Crippen LogP contribution >= 0.6 is 0 Å². The maximum Gasteiger partial charge on any atom is 0.319 e. The Morgan fingerprint density at radius 1 is 1.10 bits per heavy atom. The minimum Gasteiger partial charge on any atom is -0.493 e. The molecule has 3 atom stereocenters. The van der Waals surface area contributed by atoms with Crippen LogP contribution in [0.2, 0.25) is 0 Å². The summed E-state index contributed by atoms with van der Waals surface area (Å²) >= 11 is 0. The minimum atomic E-state index is -0.842. The van der Waals surface area contributed by atoms with E-state index in [1.807, 2.05) is 29.0 Å². The van der Waals surface area contributed by atoms with Gasteiger partial charge in [-0.3, -0.25) is 14.5 Å². The average molecular weight is 586 g/mol. The van der Waals surface area contributed by atoms with Crippen molar-refractivity contribution in [3.63, 3.8) is 0 Å². The molecule has 2 saturated heterocycles. The van der Waals surface area contributed by atoms with Gasteiger partial charge in [-0.25, -0.2) is 4.79 Å². The minimum absolute atomic E-state index is 0.00705. The van der Waals surface area contributed by atoms with Crippen LogP contribution in [0.1, 0.15) is 62.5 Å². The van der Waals surface area contributed by atoms with Crippen LogP contribution in [0.3, 0.4) is 0 Å². The summed E-state index contributed by atoms with van der Waals surface area (Å²) in [6.45, 7) is 7.82.